The van der Waals surface area contributed by atoms with Gasteiger partial charge in [-0.3, -0.25) is 0 Å². The topological polar surface area (TPSA) is 37.7 Å². The Bertz CT molecular complexity index is 6140. The van der Waals surface area contributed by atoms with Crippen LogP contribution in [0.1, 0.15) is 1.43 Å². The van der Waals surface area contributed by atoms with Gasteiger partial charge in [0, 0.05) is 51.7 Å². The van der Waals surface area contributed by atoms with Crippen LogP contribution in [0.25, 0.3) is 104 Å². The summed E-state index contributed by atoms with van der Waals surface area (Å²) in [6, 6.07) is 146. The van der Waals surface area contributed by atoms with E-state index < -0.39 is 26.5 Å². The van der Waals surface area contributed by atoms with Crippen LogP contribution >= 0.6 is 0 Å². The Morgan fingerprint density at radius 1 is 0.263 bits per heavy atom. The fourth-order valence-electron chi connectivity index (χ4n) is 15.7. The normalized spacial score (nSPS) is 11.3. The van der Waals surface area contributed by atoms with Gasteiger partial charge in [0.15, 0.2) is 0 Å². The van der Waals surface area contributed by atoms with E-state index in [1.165, 1.54) is 119 Å². The van der Waals surface area contributed by atoms with Crippen molar-refractivity contribution < 1.29 is 25.4 Å². The van der Waals surface area contributed by atoms with Crippen LogP contribution in [0.15, 0.2) is 406 Å². The molecule has 0 aliphatic carbocycles. The Kier molecular flexibility index (Phi) is 23.2. The van der Waals surface area contributed by atoms with Gasteiger partial charge in [0.25, 0.3) is 0 Å². The van der Waals surface area contributed by atoms with E-state index in [0.29, 0.717) is 0 Å². The summed E-state index contributed by atoms with van der Waals surface area (Å²) in [5.74, 6) is 14.9. The van der Waals surface area contributed by atoms with E-state index in [-0.39, 0.29) is 34.4 Å². The summed E-state index contributed by atoms with van der Waals surface area (Å²) in [6.07, 6.45) is 0. The van der Waals surface area contributed by atoms with Crippen LogP contribution in [0.2, 0.25) is 34.5 Å². The molecule has 0 amide bonds. The van der Waals surface area contributed by atoms with Gasteiger partial charge in [0.2, 0.25) is 0 Å². The van der Waals surface area contributed by atoms with E-state index in [1.807, 2.05) is 30.3 Å². The number of hydrogen-bond acceptors (Lipinski definition) is 4. The van der Waals surface area contributed by atoms with E-state index >= 15 is 0 Å². The van der Waals surface area contributed by atoms with E-state index in [4.69, 9.17) is 1.34 Å². The number of benzene rings is 18. The predicted molar refractivity (Wildman–Crippen MR) is 496 cm³/mol. The molecule has 545 valence electrons. The Hall–Kier alpha value is -11.9. The van der Waals surface area contributed by atoms with Crippen LogP contribution in [-0.4, -0.2) is 49.2 Å². The summed E-state index contributed by atoms with van der Waals surface area (Å²) < 4.78 is 10.6. The molecule has 1 aromatic heterocycles. The molecule has 0 unspecified atom stereocenters. The molecule has 0 fully saturated rings. The summed E-state index contributed by atoms with van der Waals surface area (Å²) in [7, 11) is 3.75. The van der Waals surface area contributed by atoms with Gasteiger partial charge in [0.1, 0.15) is 0 Å². The van der Waals surface area contributed by atoms with E-state index in [1.54, 1.807) is 12.1 Å². The molecule has 0 atom stereocenters. The SMILES string of the molecule is [2H][B].[B].[CH3][Ge]([CH3])([CH3])[c]1ccc(N(c2ccccc2)c2ccc3ccc4c(N(c5ccccc5)c5cc[c]([Ge]([CH3])([CH3])[CH3])cc5)ccc5ccc2c3c54)cc1.[HH].[Li+].[O-]c1cccc2ccccc12.c1ccc(-c2ccc(N(c3ccc(-c4ccccc4)cc3)c3ccc(-c4ccc(-n5c6ccccc6c6ccccc65)cc4)cc3)cc2)cc1. The number of nitrogens with zero attached hydrogens (tertiary/aromatic N) is 4. The number of aromatic nitrogens is 1. The maximum absolute atomic E-state index is 11.2. The standard InChI is InChI=1S/C48H34N2.C46H44Ge2N2.C10H8O.BH.B.Li.H2/c1-3-11-35(12-4-1)37-19-27-41(28-20-37)49(42-29-21-38(22-30-42)36-13-5-2-6-14-36)43-31-23-39(24-32-43)40-25-33-44(34-26-40)50-47-17-9-7-15-45(47)46-16-8-10-18-48(46)50;1-47(2,3)35-21-25-39(26-22-35)49(37-13-9-7-10-14-37)43-31-19-33-18-30-42-44(32-20-34-17-29-41(43)45(33)46(34)42)50(38-15-11-8-12-16-38)40-27-23-36(24-28-40)48(4,5)6;11-10-7-3-5-8-4-1-2-6-9(8)10;;;;/h1-34H;7-32H,1-6H3;1-7,11H;1H;;;1H/q;;;;;+1;/p-1/i;;;1D;;;. The predicted octanol–water partition coefficient (Wildman–Crippen LogP) is 24.0. The largest absolute Gasteiger partial charge is 1.00 e. The average molecular weight is 1580 g/mol. The second-order valence-corrected chi connectivity index (χ2v) is 51.9. The van der Waals surface area contributed by atoms with E-state index in [0.717, 1.165) is 44.9 Å². The summed E-state index contributed by atoms with van der Waals surface area (Å²) >= 11 is -3.93. The molecule has 19 rings (SSSR count). The summed E-state index contributed by atoms with van der Waals surface area (Å²) in [4.78, 5) is 7.20. The first-order chi connectivity index (χ1) is 55.3. The molecule has 0 spiro atoms. The van der Waals surface area contributed by atoms with Crippen LogP contribution in [0.3, 0.4) is 0 Å². The van der Waals surface area contributed by atoms with Crippen LogP contribution < -0.4 is 47.5 Å². The number of rotatable bonds is 15. The Balaban J connectivity index is 0.000000171. The Labute approximate surface area is 694 Å². The van der Waals surface area contributed by atoms with E-state index in [9.17, 15) is 5.11 Å². The molecular formula is C104H88B2Ge2LiN4O. The molecule has 0 N–H and O–H groups in total. The van der Waals surface area contributed by atoms with Crippen molar-refractivity contribution in [1.82, 2.24) is 4.57 Å². The molecular weight excluding hydrogens is 1490 g/mol. The van der Waals surface area contributed by atoms with Crippen molar-refractivity contribution in [3.63, 3.8) is 0 Å². The van der Waals surface area contributed by atoms with E-state index in [2.05, 4.69) is 426 Å². The fraction of sp³-hybridized carbons (Fsp3) is 0.0577. The van der Waals surface area contributed by atoms with Crippen LogP contribution in [0, 0.1) is 0 Å². The summed E-state index contributed by atoms with van der Waals surface area (Å²) in [5.41, 5.74) is 21.2. The molecule has 5 radical (unpaired) electrons. The second-order valence-electron chi connectivity index (χ2n) is 30.6. The number of fused-ring (bicyclic) bond motifs is 4. The van der Waals surface area contributed by atoms with Crippen LogP contribution in [0.4, 0.5) is 51.2 Å². The molecule has 0 aliphatic rings. The van der Waals surface area contributed by atoms with Crippen molar-refractivity contribution in [3.8, 4) is 44.8 Å². The zero-order valence-electron chi connectivity index (χ0n) is 66.5. The monoisotopic (exact) mass is 1590 g/mol. The third-order valence-corrected chi connectivity index (χ3v) is 30.2. The fourth-order valence-corrected chi connectivity index (χ4v) is 20.6. The molecule has 1 heterocycles. The third kappa shape index (κ3) is 16.1. The number of para-hydroxylation sites is 4. The first-order valence-corrected chi connectivity index (χ1v) is 53.0. The van der Waals surface area contributed by atoms with Gasteiger partial charge in [-0.1, -0.05) is 188 Å². The second kappa shape index (κ2) is 34.2. The van der Waals surface area contributed by atoms with Gasteiger partial charge < -0.3 is 14.6 Å². The smallest absolute Gasteiger partial charge is 0.872 e. The zero-order valence-corrected chi connectivity index (χ0v) is 69.7. The molecule has 5 nitrogen and oxygen atoms in total. The molecule has 0 aliphatic heterocycles. The van der Waals surface area contributed by atoms with Crippen molar-refractivity contribution in [1.29, 1.82) is 1.34 Å². The molecule has 10 heteroatoms. The molecule has 0 saturated heterocycles. The number of hydrogen-bond donors (Lipinski definition) is 0. The van der Waals surface area contributed by atoms with Crippen molar-refractivity contribution in [3.05, 3.63) is 406 Å². The molecule has 0 bridgehead atoms. The molecule has 114 heavy (non-hydrogen) atoms. The Morgan fingerprint density at radius 3 is 0.930 bits per heavy atom. The average Bonchev–Trinajstić information content (AvgIpc) is 0.907. The zero-order chi connectivity index (χ0) is 77.6. The first-order valence-electron chi connectivity index (χ1n) is 38.9. The minimum Gasteiger partial charge on any atom is -0.872 e. The minimum absolute atomic E-state index is 0. The van der Waals surface area contributed by atoms with Crippen molar-refractivity contribution >= 4 is 168 Å². The molecule has 18 aromatic carbocycles. The first kappa shape index (κ1) is 77.4. The summed E-state index contributed by atoms with van der Waals surface area (Å²) in [6.45, 7) is 0. The third-order valence-electron chi connectivity index (χ3n) is 21.5. The Morgan fingerprint density at radius 2 is 0.553 bits per heavy atom. The van der Waals surface area contributed by atoms with Gasteiger partial charge in [-0.15, -0.1) is 5.75 Å². The van der Waals surface area contributed by atoms with Crippen molar-refractivity contribution in [2.24, 2.45) is 0 Å². The molecule has 19 aromatic rings. The van der Waals surface area contributed by atoms with Crippen molar-refractivity contribution in [2.75, 3.05) is 14.7 Å². The maximum atomic E-state index is 11.2. The van der Waals surface area contributed by atoms with Gasteiger partial charge in [-0.2, -0.15) is 0 Å². The van der Waals surface area contributed by atoms with Gasteiger partial charge in [-0.05, 0) is 106 Å². The minimum atomic E-state index is -1.97. The molecule has 0 saturated carbocycles. The maximum Gasteiger partial charge on any atom is 1.00 e. The van der Waals surface area contributed by atoms with Crippen molar-refractivity contribution in [2.45, 2.75) is 34.5 Å². The van der Waals surface area contributed by atoms with Gasteiger partial charge in [0.05, 0.1) is 11.0 Å². The van der Waals surface area contributed by atoms with Gasteiger partial charge in [-0.25, -0.2) is 0 Å². The van der Waals surface area contributed by atoms with Crippen LogP contribution in [0.5, 0.6) is 5.75 Å². The van der Waals surface area contributed by atoms with Gasteiger partial charge >= 0.3 is 323 Å². The quantitative estimate of drug-likeness (QED) is 0.0757. The van der Waals surface area contributed by atoms with Crippen LogP contribution in [-0.2, 0) is 0 Å². The number of anilines is 9. The summed E-state index contributed by atoms with van der Waals surface area (Å²) in [5, 5.41) is 23.2.